The third-order valence-electron chi connectivity index (χ3n) is 3.82. The number of hydrogen-bond donors (Lipinski definition) is 3. The summed E-state index contributed by atoms with van der Waals surface area (Å²) in [5.74, 6) is 0.111. The highest BCUT2D eigenvalue weighted by molar-refractivity contribution is 5.78. The number of rotatable bonds is 7. The molecule has 116 valence electrons. The molecule has 1 unspecified atom stereocenters. The number of piperidine rings is 1. The molecular formula is C14H28N4O2. The normalized spacial score (nSPS) is 18.6. The lowest BCUT2D eigenvalue weighted by Gasteiger charge is -2.31. The van der Waals surface area contributed by atoms with Crippen molar-refractivity contribution in [2.45, 2.75) is 45.2 Å². The molecule has 0 aliphatic carbocycles. The number of amides is 2. The Balaban J connectivity index is 2.18. The zero-order chi connectivity index (χ0) is 15.0. The first-order valence-electron chi connectivity index (χ1n) is 7.50. The Kier molecular flexibility index (Phi) is 7.54. The van der Waals surface area contributed by atoms with Crippen LogP contribution in [0.15, 0.2) is 0 Å². The highest BCUT2D eigenvalue weighted by atomic mass is 16.2. The molecule has 1 rings (SSSR count). The van der Waals surface area contributed by atoms with Crippen molar-refractivity contribution in [3.05, 3.63) is 0 Å². The fourth-order valence-corrected chi connectivity index (χ4v) is 2.21. The summed E-state index contributed by atoms with van der Waals surface area (Å²) < 4.78 is 0. The highest BCUT2D eigenvalue weighted by Gasteiger charge is 2.21. The van der Waals surface area contributed by atoms with Gasteiger partial charge >= 0.3 is 0 Å². The lowest BCUT2D eigenvalue weighted by atomic mass is 10.0. The average Bonchev–Trinajstić information content (AvgIpc) is 2.46. The molecule has 0 bridgehead atoms. The first-order valence-corrected chi connectivity index (χ1v) is 7.50. The third-order valence-corrected chi connectivity index (χ3v) is 3.82. The van der Waals surface area contributed by atoms with Gasteiger partial charge in [0.15, 0.2) is 0 Å². The van der Waals surface area contributed by atoms with Crippen LogP contribution in [-0.4, -0.2) is 62.0 Å². The first kappa shape index (κ1) is 16.9. The molecule has 3 N–H and O–H groups in total. The summed E-state index contributed by atoms with van der Waals surface area (Å²) in [5.41, 5.74) is 0. The molecule has 6 heteroatoms. The number of likely N-dealkylation sites (tertiary alicyclic amines) is 1. The van der Waals surface area contributed by atoms with E-state index in [1.54, 1.807) is 7.05 Å². The Labute approximate surface area is 121 Å². The maximum atomic E-state index is 11.8. The van der Waals surface area contributed by atoms with Gasteiger partial charge in [0.1, 0.15) is 0 Å². The Hall–Kier alpha value is -1.14. The Bertz CT molecular complexity index is 314. The molecular weight excluding hydrogens is 256 g/mol. The van der Waals surface area contributed by atoms with E-state index in [0.29, 0.717) is 19.1 Å². The molecule has 20 heavy (non-hydrogen) atoms. The smallest absolute Gasteiger partial charge is 0.234 e. The van der Waals surface area contributed by atoms with Crippen LogP contribution in [0.25, 0.3) is 0 Å². The molecule has 0 aromatic rings. The second-order valence-corrected chi connectivity index (χ2v) is 5.48. The van der Waals surface area contributed by atoms with Crippen molar-refractivity contribution in [1.82, 2.24) is 20.9 Å². The zero-order valence-corrected chi connectivity index (χ0v) is 12.9. The Morgan fingerprint density at radius 1 is 1.25 bits per heavy atom. The van der Waals surface area contributed by atoms with Crippen LogP contribution in [0.5, 0.6) is 0 Å². The molecule has 0 spiro atoms. The van der Waals surface area contributed by atoms with Crippen molar-refractivity contribution in [2.24, 2.45) is 0 Å². The second kappa shape index (κ2) is 8.92. The van der Waals surface area contributed by atoms with E-state index in [0.717, 1.165) is 32.4 Å². The van der Waals surface area contributed by atoms with E-state index in [-0.39, 0.29) is 17.9 Å². The summed E-state index contributed by atoms with van der Waals surface area (Å²) >= 11 is 0. The van der Waals surface area contributed by atoms with Gasteiger partial charge in [-0.15, -0.1) is 0 Å². The van der Waals surface area contributed by atoms with E-state index in [1.807, 2.05) is 0 Å². The molecule has 0 saturated carbocycles. The maximum Gasteiger partial charge on any atom is 0.234 e. The predicted octanol–water partition coefficient (Wildman–Crippen LogP) is -0.299. The van der Waals surface area contributed by atoms with Crippen molar-refractivity contribution in [1.29, 1.82) is 0 Å². The summed E-state index contributed by atoms with van der Waals surface area (Å²) in [7, 11) is 1.65. The van der Waals surface area contributed by atoms with Gasteiger partial charge in [0.05, 0.1) is 13.1 Å². The summed E-state index contributed by atoms with van der Waals surface area (Å²) in [6.07, 6.45) is 2.84. The van der Waals surface area contributed by atoms with Crippen LogP contribution < -0.4 is 16.0 Å². The molecule has 1 aliphatic rings. The molecule has 0 aromatic heterocycles. The van der Waals surface area contributed by atoms with Crippen LogP contribution in [0.4, 0.5) is 0 Å². The molecule has 1 atom stereocenters. The summed E-state index contributed by atoms with van der Waals surface area (Å²) in [6.45, 7) is 6.72. The number of carbonyl (C=O) groups is 2. The Morgan fingerprint density at radius 3 is 2.45 bits per heavy atom. The maximum absolute atomic E-state index is 11.8. The van der Waals surface area contributed by atoms with Gasteiger partial charge in [-0.2, -0.15) is 0 Å². The van der Waals surface area contributed by atoms with Crippen molar-refractivity contribution in [3.8, 4) is 0 Å². The van der Waals surface area contributed by atoms with Crippen molar-refractivity contribution in [2.75, 3.05) is 33.2 Å². The van der Waals surface area contributed by atoms with E-state index in [1.165, 1.54) is 0 Å². The number of likely N-dealkylation sites (N-methyl/N-ethyl adjacent to an activating group) is 1. The largest absolute Gasteiger partial charge is 0.358 e. The average molecular weight is 284 g/mol. The fraction of sp³-hybridized carbons (Fsp3) is 0.857. The van der Waals surface area contributed by atoms with E-state index in [2.05, 4.69) is 34.7 Å². The van der Waals surface area contributed by atoms with Gasteiger partial charge in [-0.05, 0) is 26.2 Å². The lowest BCUT2D eigenvalue weighted by Crippen LogP contribution is -2.49. The second-order valence-electron chi connectivity index (χ2n) is 5.48. The molecule has 1 saturated heterocycles. The summed E-state index contributed by atoms with van der Waals surface area (Å²) in [5, 5.41) is 8.88. The minimum atomic E-state index is 0.0465. The van der Waals surface area contributed by atoms with Gasteiger partial charge in [-0.3, -0.25) is 14.5 Å². The minimum absolute atomic E-state index is 0.0465. The molecule has 0 aromatic carbocycles. The van der Waals surface area contributed by atoms with Crippen LogP contribution in [0.2, 0.25) is 0 Å². The molecule has 1 fully saturated rings. The number of carbonyl (C=O) groups excluding carboxylic acids is 2. The topological polar surface area (TPSA) is 73.5 Å². The van der Waals surface area contributed by atoms with Gasteiger partial charge in [-0.25, -0.2) is 0 Å². The van der Waals surface area contributed by atoms with E-state index < -0.39 is 0 Å². The van der Waals surface area contributed by atoms with Crippen molar-refractivity contribution < 1.29 is 9.59 Å². The molecule has 2 amide bonds. The summed E-state index contributed by atoms with van der Waals surface area (Å²) in [6, 6.07) is 0.609. The molecule has 0 radical (unpaired) electrons. The van der Waals surface area contributed by atoms with Crippen LogP contribution in [0.3, 0.4) is 0 Å². The quantitative estimate of drug-likeness (QED) is 0.600. The minimum Gasteiger partial charge on any atom is -0.358 e. The van der Waals surface area contributed by atoms with Gasteiger partial charge in [0, 0.05) is 32.2 Å². The SMILES string of the molecule is CCC(C)NCC(=O)NC1CCN(CC(=O)NC)CC1. The molecule has 1 aliphatic heterocycles. The van der Waals surface area contributed by atoms with E-state index in [9.17, 15) is 9.59 Å². The number of hydrogen-bond acceptors (Lipinski definition) is 4. The number of nitrogens with one attached hydrogen (secondary N) is 3. The Morgan fingerprint density at radius 2 is 1.90 bits per heavy atom. The molecule has 6 nitrogen and oxygen atoms in total. The van der Waals surface area contributed by atoms with Crippen LogP contribution in [0, 0.1) is 0 Å². The summed E-state index contributed by atoms with van der Waals surface area (Å²) in [4.78, 5) is 25.2. The van der Waals surface area contributed by atoms with Crippen LogP contribution >= 0.6 is 0 Å². The fourth-order valence-electron chi connectivity index (χ4n) is 2.21. The monoisotopic (exact) mass is 284 g/mol. The van der Waals surface area contributed by atoms with Crippen molar-refractivity contribution in [3.63, 3.8) is 0 Å². The van der Waals surface area contributed by atoms with Gasteiger partial charge in [0.2, 0.25) is 11.8 Å². The van der Waals surface area contributed by atoms with Crippen LogP contribution in [-0.2, 0) is 9.59 Å². The molecule has 1 heterocycles. The van der Waals surface area contributed by atoms with E-state index >= 15 is 0 Å². The van der Waals surface area contributed by atoms with Gasteiger partial charge in [0.25, 0.3) is 0 Å². The standard InChI is InChI=1S/C14H28N4O2/c1-4-11(2)16-9-13(19)17-12-5-7-18(8-6-12)10-14(20)15-3/h11-12,16H,4-10H2,1-3H3,(H,15,20)(H,17,19). The van der Waals surface area contributed by atoms with Gasteiger partial charge in [-0.1, -0.05) is 6.92 Å². The van der Waals surface area contributed by atoms with Crippen LogP contribution in [0.1, 0.15) is 33.1 Å². The highest BCUT2D eigenvalue weighted by Crippen LogP contribution is 2.09. The predicted molar refractivity (Wildman–Crippen MR) is 79.4 cm³/mol. The zero-order valence-electron chi connectivity index (χ0n) is 12.9. The van der Waals surface area contributed by atoms with E-state index in [4.69, 9.17) is 0 Å². The third kappa shape index (κ3) is 6.34. The number of nitrogens with zero attached hydrogens (tertiary/aromatic N) is 1. The lowest BCUT2D eigenvalue weighted by molar-refractivity contribution is -0.123. The first-order chi connectivity index (χ1) is 9.55. The van der Waals surface area contributed by atoms with Crippen molar-refractivity contribution >= 4 is 11.8 Å². The van der Waals surface area contributed by atoms with Gasteiger partial charge < -0.3 is 16.0 Å².